The lowest BCUT2D eigenvalue weighted by Gasteiger charge is -2.37. The monoisotopic (exact) mass is 291 g/mol. The molecular formula is C17H25NO3. The largest absolute Gasteiger partial charge is 0.494 e. The number of aryl methyl sites for hydroxylation is 1. The SMILES string of the molecule is Cc1ccc(OCCCC(=O)N(CCO)C2CCC2)cc1. The maximum atomic E-state index is 12.2. The van der Waals surface area contributed by atoms with Crippen LogP contribution in [0.5, 0.6) is 5.75 Å². The van der Waals surface area contributed by atoms with Gasteiger partial charge >= 0.3 is 0 Å². The number of nitrogens with zero attached hydrogens (tertiary/aromatic N) is 1. The Labute approximate surface area is 126 Å². The molecule has 1 aromatic carbocycles. The first-order chi connectivity index (χ1) is 10.2. The van der Waals surface area contributed by atoms with Crippen molar-refractivity contribution in [3.05, 3.63) is 29.8 Å². The van der Waals surface area contributed by atoms with Crippen molar-refractivity contribution in [3.8, 4) is 5.75 Å². The van der Waals surface area contributed by atoms with Gasteiger partial charge in [-0.3, -0.25) is 4.79 Å². The summed E-state index contributed by atoms with van der Waals surface area (Å²) >= 11 is 0. The van der Waals surface area contributed by atoms with E-state index in [1.807, 2.05) is 36.1 Å². The molecule has 0 aromatic heterocycles. The highest BCUT2D eigenvalue weighted by Gasteiger charge is 2.27. The van der Waals surface area contributed by atoms with Gasteiger partial charge in [0.05, 0.1) is 13.2 Å². The van der Waals surface area contributed by atoms with Gasteiger partial charge in [0.25, 0.3) is 0 Å². The predicted octanol–water partition coefficient (Wildman–Crippen LogP) is 2.53. The van der Waals surface area contributed by atoms with E-state index in [1.165, 1.54) is 12.0 Å². The van der Waals surface area contributed by atoms with E-state index in [0.29, 0.717) is 32.0 Å². The number of aliphatic hydroxyl groups excluding tert-OH is 1. The van der Waals surface area contributed by atoms with E-state index < -0.39 is 0 Å². The van der Waals surface area contributed by atoms with Crippen LogP contribution in [-0.4, -0.2) is 41.7 Å². The normalized spacial score (nSPS) is 14.6. The molecular weight excluding hydrogens is 266 g/mol. The first-order valence-corrected chi connectivity index (χ1v) is 7.80. The van der Waals surface area contributed by atoms with E-state index in [2.05, 4.69) is 0 Å². The molecule has 1 saturated carbocycles. The Morgan fingerprint density at radius 1 is 1.33 bits per heavy atom. The molecule has 4 nitrogen and oxygen atoms in total. The number of ether oxygens (including phenoxy) is 1. The zero-order chi connectivity index (χ0) is 15.1. The molecule has 0 spiro atoms. The van der Waals surface area contributed by atoms with Gasteiger partial charge in [-0.05, 0) is 44.7 Å². The van der Waals surface area contributed by atoms with Crippen LogP contribution in [0.25, 0.3) is 0 Å². The molecule has 0 saturated heterocycles. The van der Waals surface area contributed by atoms with Gasteiger partial charge in [0.15, 0.2) is 0 Å². The Kier molecular flexibility index (Phi) is 6.05. The molecule has 0 aliphatic heterocycles. The van der Waals surface area contributed by atoms with E-state index in [9.17, 15) is 4.79 Å². The molecule has 0 radical (unpaired) electrons. The van der Waals surface area contributed by atoms with Crippen LogP contribution in [0.15, 0.2) is 24.3 Å². The average molecular weight is 291 g/mol. The van der Waals surface area contributed by atoms with E-state index in [1.54, 1.807) is 0 Å². The van der Waals surface area contributed by atoms with Gasteiger partial charge in [0, 0.05) is 19.0 Å². The smallest absolute Gasteiger partial charge is 0.223 e. The highest BCUT2D eigenvalue weighted by molar-refractivity contribution is 5.76. The van der Waals surface area contributed by atoms with Crippen LogP contribution >= 0.6 is 0 Å². The fraction of sp³-hybridized carbons (Fsp3) is 0.588. The first-order valence-electron chi connectivity index (χ1n) is 7.80. The van der Waals surface area contributed by atoms with Crippen molar-refractivity contribution in [3.63, 3.8) is 0 Å². The van der Waals surface area contributed by atoms with Crippen molar-refractivity contribution in [1.82, 2.24) is 4.90 Å². The summed E-state index contributed by atoms with van der Waals surface area (Å²) in [6, 6.07) is 8.27. The van der Waals surface area contributed by atoms with Crippen molar-refractivity contribution in [2.75, 3.05) is 19.8 Å². The molecule has 1 N–H and O–H groups in total. The molecule has 1 aliphatic carbocycles. The van der Waals surface area contributed by atoms with Crippen LogP contribution in [0.1, 0.15) is 37.7 Å². The van der Waals surface area contributed by atoms with Crippen molar-refractivity contribution in [1.29, 1.82) is 0 Å². The highest BCUT2D eigenvalue weighted by Crippen LogP contribution is 2.25. The fourth-order valence-corrected chi connectivity index (χ4v) is 2.51. The van der Waals surface area contributed by atoms with Crippen LogP contribution in [-0.2, 0) is 4.79 Å². The van der Waals surface area contributed by atoms with Gasteiger partial charge in [-0.15, -0.1) is 0 Å². The Bertz CT molecular complexity index is 440. The fourth-order valence-electron chi connectivity index (χ4n) is 2.51. The second kappa shape index (κ2) is 8.03. The number of hydrogen-bond acceptors (Lipinski definition) is 3. The third-order valence-electron chi connectivity index (χ3n) is 4.00. The predicted molar refractivity (Wildman–Crippen MR) is 82.3 cm³/mol. The lowest BCUT2D eigenvalue weighted by Crippen LogP contribution is -2.45. The van der Waals surface area contributed by atoms with Gasteiger partial charge in [-0.1, -0.05) is 17.7 Å². The van der Waals surface area contributed by atoms with E-state index in [4.69, 9.17) is 9.84 Å². The zero-order valence-electron chi connectivity index (χ0n) is 12.8. The quantitative estimate of drug-likeness (QED) is 0.749. The molecule has 0 unspecified atom stereocenters. The second-order valence-corrected chi connectivity index (χ2v) is 5.66. The highest BCUT2D eigenvalue weighted by atomic mass is 16.5. The van der Waals surface area contributed by atoms with Crippen molar-refractivity contribution >= 4 is 5.91 Å². The summed E-state index contributed by atoms with van der Waals surface area (Å²) in [6.07, 6.45) is 4.54. The average Bonchev–Trinajstić information content (AvgIpc) is 2.43. The number of carbonyl (C=O) groups is 1. The van der Waals surface area contributed by atoms with Crippen molar-refractivity contribution < 1.29 is 14.6 Å². The van der Waals surface area contributed by atoms with E-state index in [-0.39, 0.29) is 12.5 Å². The molecule has 21 heavy (non-hydrogen) atoms. The molecule has 0 bridgehead atoms. The molecule has 1 aliphatic rings. The van der Waals surface area contributed by atoms with Crippen molar-refractivity contribution in [2.24, 2.45) is 0 Å². The van der Waals surface area contributed by atoms with Gasteiger partial charge in [-0.25, -0.2) is 0 Å². The Morgan fingerprint density at radius 3 is 2.62 bits per heavy atom. The molecule has 4 heteroatoms. The summed E-state index contributed by atoms with van der Waals surface area (Å²) in [5.74, 6) is 0.987. The standard InChI is InChI=1S/C17H25NO3/c1-14-7-9-16(10-8-14)21-13-3-6-17(20)18(11-12-19)15-4-2-5-15/h7-10,15,19H,2-6,11-13H2,1H3. The van der Waals surface area contributed by atoms with Crippen LogP contribution < -0.4 is 4.74 Å². The Morgan fingerprint density at radius 2 is 2.05 bits per heavy atom. The maximum Gasteiger partial charge on any atom is 0.223 e. The number of rotatable bonds is 8. The molecule has 1 aromatic rings. The minimum Gasteiger partial charge on any atom is -0.494 e. The van der Waals surface area contributed by atoms with Gasteiger partial charge < -0.3 is 14.7 Å². The van der Waals surface area contributed by atoms with Crippen LogP contribution in [0, 0.1) is 6.92 Å². The van der Waals surface area contributed by atoms with Gasteiger partial charge in [0.1, 0.15) is 5.75 Å². The first kappa shape index (κ1) is 15.8. The van der Waals surface area contributed by atoms with Crippen LogP contribution in [0.3, 0.4) is 0 Å². The number of amides is 1. The zero-order valence-corrected chi connectivity index (χ0v) is 12.8. The third kappa shape index (κ3) is 4.74. The topological polar surface area (TPSA) is 49.8 Å². The number of hydrogen-bond donors (Lipinski definition) is 1. The van der Waals surface area contributed by atoms with Gasteiger partial charge in [-0.2, -0.15) is 0 Å². The lowest BCUT2D eigenvalue weighted by molar-refractivity contribution is -0.136. The second-order valence-electron chi connectivity index (χ2n) is 5.66. The summed E-state index contributed by atoms with van der Waals surface area (Å²) in [5.41, 5.74) is 1.21. The van der Waals surface area contributed by atoms with Crippen LogP contribution in [0.4, 0.5) is 0 Å². The van der Waals surface area contributed by atoms with Gasteiger partial charge in [0.2, 0.25) is 5.91 Å². The molecule has 0 atom stereocenters. The summed E-state index contributed by atoms with van der Waals surface area (Å²) in [4.78, 5) is 14.0. The lowest BCUT2D eigenvalue weighted by atomic mass is 9.91. The number of aliphatic hydroxyl groups is 1. The summed E-state index contributed by atoms with van der Waals surface area (Å²) < 4.78 is 5.63. The molecule has 116 valence electrons. The third-order valence-corrected chi connectivity index (χ3v) is 4.00. The minimum atomic E-state index is 0.0438. The number of carbonyl (C=O) groups excluding carboxylic acids is 1. The van der Waals surface area contributed by atoms with E-state index in [0.717, 1.165) is 18.6 Å². The minimum absolute atomic E-state index is 0.0438. The van der Waals surface area contributed by atoms with Crippen LogP contribution in [0.2, 0.25) is 0 Å². The molecule has 2 rings (SSSR count). The summed E-state index contributed by atoms with van der Waals surface area (Å²) in [6.45, 7) is 3.09. The Balaban J connectivity index is 1.69. The Hall–Kier alpha value is -1.55. The number of benzene rings is 1. The maximum absolute atomic E-state index is 12.2. The van der Waals surface area contributed by atoms with Crippen molar-refractivity contribution in [2.45, 2.75) is 45.1 Å². The molecule has 1 amide bonds. The molecule has 0 heterocycles. The molecule has 1 fully saturated rings. The summed E-state index contributed by atoms with van der Waals surface area (Å²) in [7, 11) is 0. The van der Waals surface area contributed by atoms with E-state index >= 15 is 0 Å². The summed E-state index contributed by atoms with van der Waals surface area (Å²) in [5, 5.41) is 9.08.